The second-order valence-electron chi connectivity index (χ2n) is 9.74. The highest BCUT2D eigenvalue weighted by molar-refractivity contribution is 5.64. The Kier molecular flexibility index (Phi) is 6.05. The van der Waals surface area contributed by atoms with E-state index in [1.807, 2.05) is 18.8 Å². The fourth-order valence-electron chi connectivity index (χ4n) is 4.87. The number of amides is 1. The molecule has 2 aliphatic rings. The third kappa shape index (κ3) is 4.87. The molecule has 2 heterocycles. The molecule has 7 heteroatoms. The van der Waals surface area contributed by atoms with E-state index in [4.69, 9.17) is 14.9 Å². The third-order valence-electron chi connectivity index (χ3n) is 6.37. The Bertz CT molecular complexity index is 692. The van der Waals surface area contributed by atoms with Gasteiger partial charge >= 0.3 is 6.09 Å². The Morgan fingerprint density at radius 1 is 1.32 bits per heavy atom. The van der Waals surface area contributed by atoms with Crippen molar-refractivity contribution in [1.29, 1.82) is 0 Å². The number of likely N-dealkylation sites (N-methyl/N-ethyl adjacent to an activating group) is 2. The van der Waals surface area contributed by atoms with Crippen LogP contribution in [-0.2, 0) is 18.3 Å². The van der Waals surface area contributed by atoms with Crippen LogP contribution in [0.2, 0.25) is 0 Å². The summed E-state index contributed by atoms with van der Waals surface area (Å²) in [6, 6.07) is 0. The molecule has 3 rings (SSSR count). The molecule has 1 aromatic heterocycles. The van der Waals surface area contributed by atoms with Crippen LogP contribution in [0.15, 0.2) is 6.20 Å². The van der Waals surface area contributed by atoms with Gasteiger partial charge in [0.2, 0.25) is 0 Å². The zero-order valence-corrected chi connectivity index (χ0v) is 18.1. The van der Waals surface area contributed by atoms with E-state index in [1.54, 1.807) is 7.05 Å². The fourth-order valence-corrected chi connectivity index (χ4v) is 4.87. The van der Waals surface area contributed by atoms with Crippen molar-refractivity contribution in [3.8, 4) is 0 Å². The van der Waals surface area contributed by atoms with Crippen LogP contribution in [0.3, 0.4) is 0 Å². The predicted octanol–water partition coefficient (Wildman–Crippen LogP) is 3.30. The Balaban J connectivity index is 1.59. The van der Waals surface area contributed by atoms with E-state index < -0.39 is 6.09 Å². The Hall–Kier alpha value is -1.60. The van der Waals surface area contributed by atoms with E-state index in [-0.39, 0.29) is 5.60 Å². The predicted molar refractivity (Wildman–Crippen MR) is 108 cm³/mol. The number of carbonyl (C=O) groups is 1. The zero-order chi connectivity index (χ0) is 20.5. The molecule has 0 radical (unpaired) electrons. The van der Waals surface area contributed by atoms with E-state index >= 15 is 0 Å². The molecule has 1 aromatic rings. The Labute approximate surface area is 168 Å². The first-order chi connectivity index (χ1) is 13.1. The first-order valence-electron chi connectivity index (χ1n) is 10.4. The molecule has 7 nitrogen and oxygen atoms in total. The number of ether oxygens (including phenoxy) is 1. The molecule has 1 spiro atoms. The van der Waals surface area contributed by atoms with E-state index in [0.29, 0.717) is 24.4 Å². The highest BCUT2D eigenvalue weighted by Gasteiger charge is 2.46. The summed E-state index contributed by atoms with van der Waals surface area (Å²) in [4.78, 5) is 14.5. The lowest BCUT2D eigenvalue weighted by atomic mass is 9.72. The molecule has 1 saturated carbocycles. The van der Waals surface area contributed by atoms with Gasteiger partial charge in [0.1, 0.15) is 0 Å². The fraction of sp³-hybridized carbons (Fsp3) is 0.810. The lowest BCUT2D eigenvalue weighted by molar-refractivity contribution is -0.0296. The molecule has 158 valence electrons. The largest absolute Gasteiger partial charge is 0.465 e. The third-order valence-corrected chi connectivity index (χ3v) is 6.37. The number of aryl methyl sites for hydroxylation is 1. The average molecular weight is 393 g/mol. The molecule has 2 fully saturated rings. The molecule has 1 saturated heterocycles. The molecular weight excluding hydrogens is 356 g/mol. The summed E-state index contributed by atoms with van der Waals surface area (Å²) in [5.41, 5.74) is 2.87. The molecule has 0 aromatic carbocycles. The van der Waals surface area contributed by atoms with Crippen molar-refractivity contribution in [1.82, 2.24) is 19.6 Å². The second-order valence-corrected chi connectivity index (χ2v) is 9.74. The van der Waals surface area contributed by atoms with Crippen LogP contribution in [0.4, 0.5) is 4.79 Å². The quantitative estimate of drug-likeness (QED) is 0.804. The van der Waals surface area contributed by atoms with E-state index in [2.05, 4.69) is 24.9 Å². The van der Waals surface area contributed by atoms with Crippen molar-refractivity contribution in [2.75, 3.05) is 33.8 Å². The summed E-state index contributed by atoms with van der Waals surface area (Å²) >= 11 is 0. The van der Waals surface area contributed by atoms with Crippen molar-refractivity contribution in [3.05, 3.63) is 17.5 Å². The second kappa shape index (κ2) is 8.03. The minimum atomic E-state index is -0.885. The van der Waals surface area contributed by atoms with Crippen molar-refractivity contribution < 1.29 is 14.6 Å². The molecule has 1 aliphatic carbocycles. The normalized spacial score (nSPS) is 26.9. The van der Waals surface area contributed by atoms with Crippen LogP contribution < -0.4 is 0 Å². The van der Waals surface area contributed by atoms with E-state index in [9.17, 15) is 4.79 Å². The summed E-state index contributed by atoms with van der Waals surface area (Å²) in [5, 5.41) is 13.8. The summed E-state index contributed by atoms with van der Waals surface area (Å²) in [6.07, 6.45) is 6.90. The molecule has 1 aliphatic heterocycles. The van der Waals surface area contributed by atoms with Gasteiger partial charge in [0.15, 0.2) is 0 Å². The Morgan fingerprint density at radius 2 is 2.00 bits per heavy atom. The van der Waals surface area contributed by atoms with Gasteiger partial charge in [-0.2, -0.15) is 5.10 Å². The topological polar surface area (TPSA) is 70.8 Å². The number of hydrogen-bond acceptors (Lipinski definition) is 4. The summed E-state index contributed by atoms with van der Waals surface area (Å²) < 4.78 is 8.19. The highest BCUT2D eigenvalue weighted by Crippen LogP contribution is 2.49. The van der Waals surface area contributed by atoms with Gasteiger partial charge in [-0.25, -0.2) is 4.79 Å². The number of aromatic nitrogens is 2. The maximum Gasteiger partial charge on any atom is 0.407 e. The van der Waals surface area contributed by atoms with Gasteiger partial charge in [0.25, 0.3) is 0 Å². The van der Waals surface area contributed by atoms with Crippen molar-refractivity contribution in [2.24, 2.45) is 12.5 Å². The highest BCUT2D eigenvalue weighted by atomic mass is 16.5. The summed E-state index contributed by atoms with van der Waals surface area (Å²) in [5.74, 6) is 0.490. The number of carboxylic acid groups (broad SMARTS) is 1. The first kappa shape index (κ1) is 21.1. The minimum absolute atomic E-state index is 0.0904. The van der Waals surface area contributed by atoms with Crippen molar-refractivity contribution >= 4 is 6.09 Å². The first-order valence-corrected chi connectivity index (χ1v) is 10.4. The number of hydrogen-bond donors (Lipinski definition) is 1. The van der Waals surface area contributed by atoms with Gasteiger partial charge in [-0.05, 0) is 44.6 Å². The van der Waals surface area contributed by atoms with Gasteiger partial charge in [0, 0.05) is 51.4 Å². The summed E-state index contributed by atoms with van der Waals surface area (Å²) in [6.45, 7) is 7.49. The lowest BCUT2D eigenvalue weighted by Gasteiger charge is -2.37. The molecule has 0 atom stereocenters. The van der Waals surface area contributed by atoms with E-state index in [1.165, 1.54) is 22.6 Å². The molecule has 0 unspecified atom stereocenters. The van der Waals surface area contributed by atoms with Crippen LogP contribution in [0.1, 0.15) is 63.1 Å². The van der Waals surface area contributed by atoms with Crippen LogP contribution in [0.5, 0.6) is 0 Å². The van der Waals surface area contributed by atoms with E-state index in [0.717, 1.165) is 38.8 Å². The molecule has 1 N–H and O–H groups in total. The van der Waals surface area contributed by atoms with Crippen LogP contribution >= 0.6 is 0 Å². The van der Waals surface area contributed by atoms with Crippen LogP contribution in [-0.4, -0.2) is 70.2 Å². The maximum absolute atomic E-state index is 11.0. The van der Waals surface area contributed by atoms with Gasteiger partial charge < -0.3 is 19.6 Å². The molecule has 1 amide bonds. The number of rotatable bonds is 6. The van der Waals surface area contributed by atoms with Gasteiger partial charge in [0.05, 0.1) is 17.9 Å². The van der Waals surface area contributed by atoms with Crippen molar-refractivity contribution in [2.45, 2.75) is 64.0 Å². The van der Waals surface area contributed by atoms with Crippen molar-refractivity contribution in [3.63, 3.8) is 0 Å². The maximum atomic E-state index is 11.0. The van der Waals surface area contributed by atoms with Crippen LogP contribution in [0.25, 0.3) is 0 Å². The van der Waals surface area contributed by atoms with Crippen LogP contribution in [0, 0.1) is 5.41 Å². The standard InChI is InChI=1S/C21H36N4O3/c1-20(2)14-21(28-15-20)8-6-16(7-9-21)18-17(13-25(5)22-18)12-23(3)10-11-24(4)19(26)27/h13,16H,6-12,14-15H2,1-5H3,(H,26,27). The summed E-state index contributed by atoms with van der Waals surface area (Å²) in [7, 11) is 5.63. The van der Waals surface area contributed by atoms with Gasteiger partial charge in [-0.1, -0.05) is 13.8 Å². The smallest absolute Gasteiger partial charge is 0.407 e. The minimum Gasteiger partial charge on any atom is -0.465 e. The molecule has 0 bridgehead atoms. The molecule has 28 heavy (non-hydrogen) atoms. The molecular formula is C21H36N4O3. The number of nitrogens with zero attached hydrogens (tertiary/aromatic N) is 4. The lowest BCUT2D eigenvalue weighted by Crippen LogP contribution is -2.34. The SMILES string of the molecule is CN(CCN(C)C(=O)O)Cc1cn(C)nc1C1CCC2(CC1)CC(C)(C)CO2. The van der Waals surface area contributed by atoms with Gasteiger partial charge in [-0.15, -0.1) is 0 Å². The van der Waals surface area contributed by atoms with Gasteiger partial charge in [-0.3, -0.25) is 4.68 Å². The zero-order valence-electron chi connectivity index (χ0n) is 18.1. The monoisotopic (exact) mass is 392 g/mol. The average Bonchev–Trinajstić information content (AvgIpc) is 3.12. The Morgan fingerprint density at radius 3 is 2.57 bits per heavy atom.